The van der Waals surface area contributed by atoms with Crippen molar-refractivity contribution in [3.8, 4) is 0 Å². The summed E-state index contributed by atoms with van der Waals surface area (Å²) in [4.78, 5) is 11.6. The highest BCUT2D eigenvalue weighted by Crippen LogP contribution is 2.36. The summed E-state index contributed by atoms with van der Waals surface area (Å²) in [6.07, 6.45) is 2.48. The molecule has 0 spiro atoms. The molecule has 25 heavy (non-hydrogen) atoms. The summed E-state index contributed by atoms with van der Waals surface area (Å²) in [7, 11) is 0. The van der Waals surface area contributed by atoms with Crippen LogP contribution in [0.2, 0.25) is 0 Å². The first-order chi connectivity index (χ1) is 12.2. The molecule has 2 aromatic heterocycles. The average Bonchev–Trinajstić information content (AvgIpc) is 3.20. The van der Waals surface area contributed by atoms with Crippen molar-refractivity contribution in [1.29, 1.82) is 0 Å². The number of aryl methyl sites for hydroxylation is 2. The second-order valence-electron chi connectivity index (χ2n) is 7.02. The number of pyridine rings is 1. The first-order valence-corrected chi connectivity index (χ1v) is 9.87. The summed E-state index contributed by atoms with van der Waals surface area (Å²) < 4.78 is 12.0. The van der Waals surface area contributed by atoms with Crippen LogP contribution >= 0.6 is 11.3 Å². The van der Waals surface area contributed by atoms with E-state index in [1.54, 1.807) is 11.3 Å². The maximum atomic E-state index is 6.05. The van der Waals surface area contributed by atoms with Crippen LogP contribution < -0.4 is 4.90 Å². The Balaban J connectivity index is 1.35. The number of morpholine rings is 1. The summed E-state index contributed by atoms with van der Waals surface area (Å²) >= 11 is 1.68. The van der Waals surface area contributed by atoms with E-state index in [1.807, 2.05) is 19.9 Å². The van der Waals surface area contributed by atoms with Crippen LogP contribution in [0.25, 0.3) is 0 Å². The number of nitrogens with zero attached hydrogens (tertiary/aromatic N) is 3. The molecule has 5 nitrogen and oxygen atoms in total. The van der Waals surface area contributed by atoms with Gasteiger partial charge in [-0.15, -0.1) is 11.3 Å². The van der Waals surface area contributed by atoms with Crippen LogP contribution in [-0.2, 0) is 16.1 Å². The lowest BCUT2D eigenvalue weighted by atomic mass is 10.1. The van der Waals surface area contributed by atoms with E-state index in [0.717, 1.165) is 54.8 Å². The van der Waals surface area contributed by atoms with Gasteiger partial charge in [0.05, 0.1) is 42.7 Å². The van der Waals surface area contributed by atoms with E-state index in [-0.39, 0.29) is 0 Å². The SMILES string of the molecule is Cc1cccc(N2CCOC3CC(COCc4csc(C)n4)CC32)n1. The van der Waals surface area contributed by atoms with Gasteiger partial charge in [-0.25, -0.2) is 9.97 Å². The quantitative estimate of drug-likeness (QED) is 0.819. The summed E-state index contributed by atoms with van der Waals surface area (Å²) in [6.45, 7) is 7.17. The molecule has 1 aliphatic heterocycles. The largest absolute Gasteiger partial charge is 0.375 e. The molecule has 3 unspecified atom stereocenters. The molecule has 2 aromatic rings. The number of hydrogen-bond donors (Lipinski definition) is 0. The molecule has 134 valence electrons. The number of anilines is 1. The lowest BCUT2D eigenvalue weighted by Crippen LogP contribution is -2.49. The molecule has 2 fully saturated rings. The fourth-order valence-corrected chi connectivity index (χ4v) is 4.56. The molecular formula is C19H25N3O2S. The van der Waals surface area contributed by atoms with Gasteiger partial charge in [-0.2, -0.15) is 0 Å². The Labute approximate surface area is 153 Å². The van der Waals surface area contributed by atoms with Crippen molar-refractivity contribution in [3.63, 3.8) is 0 Å². The summed E-state index contributed by atoms with van der Waals surface area (Å²) in [5, 5.41) is 3.18. The van der Waals surface area contributed by atoms with Crippen molar-refractivity contribution in [3.05, 3.63) is 40.0 Å². The Kier molecular flexibility index (Phi) is 5.01. The number of aromatic nitrogens is 2. The maximum absolute atomic E-state index is 6.05. The first kappa shape index (κ1) is 16.9. The average molecular weight is 359 g/mol. The van der Waals surface area contributed by atoms with Gasteiger partial charge >= 0.3 is 0 Å². The molecule has 6 heteroatoms. The molecule has 0 aromatic carbocycles. The van der Waals surface area contributed by atoms with Crippen molar-refractivity contribution in [2.45, 2.75) is 45.4 Å². The number of ether oxygens (including phenoxy) is 2. The predicted octanol–water partition coefficient (Wildman–Crippen LogP) is 3.36. The molecule has 1 aliphatic carbocycles. The van der Waals surface area contributed by atoms with Crippen molar-refractivity contribution < 1.29 is 9.47 Å². The molecule has 1 saturated heterocycles. The number of hydrogen-bond acceptors (Lipinski definition) is 6. The zero-order valence-electron chi connectivity index (χ0n) is 14.9. The van der Waals surface area contributed by atoms with Crippen molar-refractivity contribution in [2.24, 2.45) is 5.92 Å². The Morgan fingerprint density at radius 2 is 2.20 bits per heavy atom. The Hall–Kier alpha value is -1.50. The number of fused-ring (bicyclic) bond motifs is 1. The number of thiazole rings is 1. The van der Waals surface area contributed by atoms with Crippen LogP contribution in [-0.4, -0.2) is 41.9 Å². The van der Waals surface area contributed by atoms with Gasteiger partial charge in [0.15, 0.2) is 0 Å². The zero-order valence-corrected chi connectivity index (χ0v) is 15.7. The van der Waals surface area contributed by atoms with Crippen LogP contribution in [0.3, 0.4) is 0 Å². The Morgan fingerprint density at radius 1 is 1.28 bits per heavy atom. The highest BCUT2D eigenvalue weighted by Gasteiger charge is 2.41. The van der Waals surface area contributed by atoms with Crippen LogP contribution in [0.15, 0.2) is 23.6 Å². The van der Waals surface area contributed by atoms with Gasteiger partial charge in [-0.3, -0.25) is 0 Å². The molecule has 0 bridgehead atoms. The van der Waals surface area contributed by atoms with E-state index in [2.05, 4.69) is 27.4 Å². The van der Waals surface area contributed by atoms with Gasteiger partial charge in [0.2, 0.25) is 0 Å². The van der Waals surface area contributed by atoms with Crippen LogP contribution in [0.4, 0.5) is 5.82 Å². The predicted molar refractivity (Wildman–Crippen MR) is 99.1 cm³/mol. The molecule has 3 heterocycles. The molecule has 0 N–H and O–H groups in total. The molecule has 2 aliphatic rings. The minimum absolute atomic E-state index is 0.297. The third kappa shape index (κ3) is 3.86. The Morgan fingerprint density at radius 3 is 3.00 bits per heavy atom. The summed E-state index contributed by atoms with van der Waals surface area (Å²) in [5.74, 6) is 1.62. The lowest BCUT2D eigenvalue weighted by molar-refractivity contribution is 0.0202. The monoisotopic (exact) mass is 359 g/mol. The van der Waals surface area contributed by atoms with Gasteiger partial charge in [0.1, 0.15) is 5.82 Å². The fraction of sp³-hybridized carbons (Fsp3) is 0.579. The van der Waals surface area contributed by atoms with E-state index >= 15 is 0 Å². The van der Waals surface area contributed by atoms with Gasteiger partial charge < -0.3 is 14.4 Å². The van der Waals surface area contributed by atoms with Gasteiger partial charge in [-0.1, -0.05) is 6.07 Å². The zero-order chi connectivity index (χ0) is 17.2. The third-order valence-electron chi connectivity index (χ3n) is 5.07. The van der Waals surface area contributed by atoms with Crippen molar-refractivity contribution >= 4 is 17.2 Å². The topological polar surface area (TPSA) is 47.5 Å². The second kappa shape index (κ2) is 7.40. The first-order valence-electron chi connectivity index (χ1n) is 8.99. The van der Waals surface area contributed by atoms with Crippen LogP contribution in [0.5, 0.6) is 0 Å². The molecular weight excluding hydrogens is 334 g/mol. The molecule has 1 saturated carbocycles. The van der Waals surface area contributed by atoms with Gasteiger partial charge in [0, 0.05) is 17.6 Å². The van der Waals surface area contributed by atoms with E-state index in [0.29, 0.717) is 24.7 Å². The summed E-state index contributed by atoms with van der Waals surface area (Å²) in [5.41, 5.74) is 2.11. The number of rotatable bonds is 5. The van der Waals surface area contributed by atoms with E-state index in [1.165, 1.54) is 0 Å². The molecule has 3 atom stereocenters. The van der Waals surface area contributed by atoms with Gasteiger partial charge in [0.25, 0.3) is 0 Å². The smallest absolute Gasteiger partial charge is 0.129 e. The van der Waals surface area contributed by atoms with Crippen LogP contribution in [0, 0.1) is 19.8 Å². The van der Waals surface area contributed by atoms with E-state index in [4.69, 9.17) is 14.5 Å². The third-order valence-corrected chi connectivity index (χ3v) is 5.89. The molecule has 0 radical (unpaired) electrons. The molecule has 4 rings (SSSR count). The second-order valence-corrected chi connectivity index (χ2v) is 8.08. The van der Waals surface area contributed by atoms with Crippen molar-refractivity contribution in [2.75, 3.05) is 24.7 Å². The lowest BCUT2D eigenvalue weighted by Gasteiger charge is -2.38. The highest BCUT2D eigenvalue weighted by molar-refractivity contribution is 7.09. The van der Waals surface area contributed by atoms with E-state index in [9.17, 15) is 0 Å². The maximum Gasteiger partial charge on any atom is 0.129 e. The van der Waals surface area contributed by atoms with Crippen molar-refractivity contribution in [1.82, 2.24) is 9.97 Å². The Bertz CT molecular complexity index is 720. The normalized spacial score (nSPS) is 26.0. The molecule has 0 amide bonds. The fourth-order valence-electron chi connectivity index (χ4n) is 3.96. The standard InChI is InChI=1S/C19H25N3O2S/c1-13-4-3-5-19(20-13)22-6-7-24-18-9-15(8-17(18)22)10-23-11-16-12-25-14(2)21-16/h3-5,12,15,17-18H,6-11H2,1-2H3. The van der Waals surface area contributed by atoms with Gasteiger partial charge in [-0.05, 0) is 44.7 Å². The minimum atomic E-state index is 0.297. The van der Waals surface area contributed by atoms with Crippen LogP contribution in [0.1, 0.15) is 29.2 Å². The highest BCUT2D eigenvalue weighted by atomic mass is 32.1. The minimum Gasteiger partial charge on any atom is -0.375 e. The van der Waals surface area contributed by atoms with E-state index < -0.39 is 0 Å². The summed E-state index contributed by atoms with van der Waals surface area (Å²) in [6, 6.07) is 6.67.